The van der Waals surface area contributed by atoms with Crippen LogP contribution in [0.15, 0.2) is 0 Å². The van der Waals surface area contributed by atoms with Gasteiger partial charge in [0.25, 0.3) is 0 Å². The molecule has 1 saturated carbocycles. The summed E-state index contributed by atoms with van der Waals surface area (Å²) in [6, 6.07) is 0. The molecule has 4 heteroatoms. The monoisotopic (exact) mass is 214 g/mol. The van der Waals surface area contributed by atoms with E-state index < -0.39 is 5.54 Å². The highest BCUT2D eigenvalue weighted by Gasteiger charge is 2.43. The summed E-state index contributed by atoms with van der Waals surface area (Å²) in [5.41, 5.74) is 5.29. The van der Waals surface area contributed by atoms with Crippen LogP contribution in [0.2, 0.25) is 0 Å². The average Bonchev–Trinajstić information content (AvgIpc) is 2.97. The first kappa shape index (κ1) is 12.5. The molecule has 0 aromatic heterocycles. The highest BCUT2D eigenvalue weighted by atomic mass is 16.5. The fourth-order valence-corrected chi connectivity index (χ4v) is 1.67. The van der Waals surface area contributed by atoms with Gasteiger partial charge in [-0.2, -0.15) is 0 Å². The molecule has 1 fully saturated rings. The molecule has 15 heavy (non-hydrogen) atoms. The fraction of sp³-hybridized carbons (Fsp3) is 0.909. The minimum atomic E-state index is -0.688. The minimum absolute atomic E-state index is 0.0343. The van der Waals surface area contributed by atoms with Gasteiger partial charge in [0.05, 0.1) is 12.1 Å². The Labute approximate surface area is 91.5 Å². The van der Waals surface area contributed by atoms with Crippen LogP contribution in [0, 0.1) is 11.8 Å². The quantitative estimate of drug-likeness (QED) is 0.677. The largest absolute Gasteiger partial charge is 0.384 e. The van der Waals surface area contributed by atoms with Crippen molar-refractivity contribution in [2.24, 2.45) is 17.6 Å². The van der Waals surface area contributed by atoms with Gasteiger partial charge < -0.3 is 15.8 Å². The van der Waals surface area contributed by atoms with Crippen LogP contribution in [0.3, 0.4) is 0 Å². The lowest BCUT2D eigenvalue weighted by molar-refractivity contribution is -0.126. The Morgan fingerprint density at radius 1 is 1.67 bits per heavy atom. The number of nitrogens with two attached hydrogens (primary N) is 1. The topological polar surface area (TPSA) is 64.3 Å². The van der Waals surface area contributed by atoms with Crippen LogP contribution in [0.4, 0.5) is 0 Å². The number of carbonyl (C=O) groups excluding carboxylic acids is 1. The highest BCUT2D eigenvalue weighted by Crippen LogP contribution is 2.38. The van der Waals surface area contributed by atoms with Crippen molar-refractivity contribution in [3.63, 3.8) is 0 Å². The summed E-state index contributed by atoms with van der Waals surface area (Å²) in [5, 5.41) is 2.88. The smallest absolute Gasteiger partial charge is 0.240 e. The highest BCUT2D eigenvalue weighted by molar-refractivity contribution is 5.86. The first-order chi connectivity index (χ1) is 6.98. The second-order valence-corrected chi connectivity index (χ2v) is 4.83. The molecule has 0 spiro atoms. The number of ether oxygens (including phenoxy) is 1. The van der Waals surface area contributed by atoms with Gasteiger partial charge in [-0.25, -0.2) is 0 Å². The molecular formula is C11H22N2O2. The van der Waals surface area contributed by atoms with E-state index in [1.165, 1.54) is 0 Å². The molecule has 0 heterocycles. The van der Waals surface area contributed by atoms with E-state index in [-0.39, 0.29) is 5.91 Å². The maximum atomic E-state index is 11.8. The molecule has 0 bridgehead atoms. The molecular weight excluding hydrogens is 192 g/mol. The van der Waals surface area contributed by atoms with E-state index >= 15 is 0 Å². The van der Waals surface area contributed by atoms with E-state index in [2.05, 4.69) is 5.32 Å². The van der Waals surface area contributed by atoms with Crippen molar-refractivity contribution in [3.8, 4) is 0 Å². The number of methoxy groups -OCH3 is 1. The summed E-state index contributed by atoms with van der Waals surface area (Å²) in [5.74, 6) is 0.664. The zero-order chi connectivity index (χ0) is 11.5. The van der Waals surface area contributed by atoms with Gasteiger partial charge in [-0.05, 0) is 31.6 Å². The molecule has 1 amide bonds. The molecule has 4 nitrogen and oxygen atoms in total. The van der Waals surface area contributed by atoms with E-state index in [1.54, 1.807) is 7.11 Å². The van der Waals surface area contributed by atoms with E-state index in [1.807, 2.05) is 13.8 Å². The van der Waals surface area contributed by atoms with E-state index in [0.717, 1.165) is 12.8 Å². The predicted molar refractivity (Wildman–Crippen MR) is 59.4 cm³/mol. The third-order valence-electron chi connectivity index (χ3n) is 2.98. The standard InChI is InChI=1S/C11H22N2O2/c1-8(7-15-3)6-13-10(14)11(2,12)9-4-5-9/h8-9H,4-7,12H2,1-3H3,(H,13,14). The lowest BCUT2D eigenvalue weighted by atomic mass is 9.96. The molecule has 1 rings (SSSR count). The van der Waals surface area contributed by atoms with E-state index in [4.69, 9.17) is 10.5 Å². The van der Waals surface area contributed by atoms with Gasteiger partial charge in [0.15, 0.2) is 0 Å². The second-order valence-electron chi connectivity index (χ2n) is 4.83. The Morgan fingerprint density at radius 2 is 2.27 bits per heavy atom. The number of hydrogen-bond acceptors (Lipinski definition) is 3. The zero-order valence-corrected chi connectivity index (χ0v) is 9.88. The van der Waals surface area contributed by atoms with Crippen molar-refractivity contribution < 1.29 is 9.53 Å². The Kier molecular flexibility index (Phi) is 4.11. The SMILES string of the molecule is COCC(C)CNC(=O)C(C)(N)C1CC1. The molecule has 3 N–H and O–H groups in total. The minimum Gasteiger partial charge on any atom is -0.384 e. The van der Waals surface area contributed by atoms with Crippen LogP contribution in [0.5, 0.6) is 0 Å². The Balaban J connectivity index is 2.28. The summed E-state index contributed by atoms with van der Waals surface area (Å²) in [4.78, 5) is 11.8. The first-order valence-electron chi connectivity index (χ1n) is 5.54. The van der Waals surface area contributed by atoms with Crippen molar-refractivity contribution in [1.29, 1.82) is 0 Å². The van der Waals surface area contributed by atoms with Crippen LogP contribution in [-0.2, 0) is 9.53 Å². The first-order valence-corrected chi connectivity index (χ1v) is 5.54. The molecule has 1 aliphatic carbocycles. The molecule has 0 aliphatic heterocycles. The number of hydrogen-bond donors (Lipinski definition) is 2. The summed E-state index contributed by atoms with van der Waals surface area (Å²) < 4.78 is 5.00. The van der Waals surface area contributed by atoms with Crippen LogP contribution < -0.4 is 11.1 Å². The van der Waals surface area contributed by atoms with Crippen LogP contribution in [0.25, 0.3) is 0 Å². The van der Waals surface area contributed by atoms with Gasteiger partial charge >= 0.3 is 0 Å². The Bertz CT molecular complexity index is 225. The van der Waals surface area contributed by atoms with Gasteiger partial charge in [0.2, 0.25) is 5.91 Å². The number of nitrogens with one attached hydrogen (secondary N) is 1. The lowest BCUT2D eigenvalue weighted by Crippen LogP contribution is -2.54. The maximum absolute atomic E-state index is 11.8. The molecule has 88 valence electrons. The van der Waals surface area contributed by atoms with Crippen LogP contribution in [-0.4, -0.2) is 31.7 Å². The van der Waals surface area contributed by atoms with Gasteiger partial charge in [-0.15, -0.1) is 0 Å². The zero-order valence-electron chi connectivity index (χ0n) is 9.88. The maximum Gasteiger partial charge on any atom is 0.240 e. The molecule has 2 atom stereocenters. The van der Waals surface area contributed by atoms with Gasteiger partial charge in [-0.1, -0.05) is 6.92 Å². The van der Waals surface area contributed by atoms with Crippen LogP contribution >= 0.6 is 0 Å². The van der Waals surface area contributed by atoms with Crippen molar-refractivity contribution in [2.75, 3.05) is 20.3 Å². The summed E-state index contributed by atoms with van der Waals surface area (Å²) in [6.07, 6.45) is 2.15. The lowest BCUT2D eigenvalue weighted by Gasteiger charge is -2.24. The van der Waals surface area contributed by atoms with Crippen molar-refractivity contribution >= 4 is 5.91 Å². The second kappa shape index (κ2) is 4.94. The van der Waals surface area contributed by atoms with Crippen molar-refractivity contribution in [3.05, 3.63) is 0 Å². The third-order valence-corrected chi connectivity index (χ3v) is 2.98. The van der Waals surface area contributed by atoms with Crippen LogP contribution in [0.1, 0.15) is 26.7 Å². The van der Waals surface area contributed by atoms with Gasteiger partial charge in [0, 0.05) is 13.7 Å². The normalized spacial score (nSPS) is 21.9. The van der Waals surface area contributed by atoms with Crippen molar-refractivity contribution in [2.45, 2.75) is 32.2 Å². The van der Waals surface area contributed by atoms with E-state index in [0.29, 0.717) is 25.0 Å². The Hall–Kier alpha value is -0.610. The van der Waals surface area contributed by atoms with Gasteiger partial charge in [-0.3, -0.25) is 4.79 Å². The summed E-state index contributed by atoms with van der Waals surface area (Å²) >= 11 is 0. The van der Waals surface area contributed by atoms with E-state index in [9.17, 15) is 4.79 Å². The molecule has 0 radical (unpaired) electrons. The fourth-order valence-electron chi connectivity index (χ4n) is 1.67. The summed E-state index contributed by atoms with van der Waals surface area (Å²) in [7, 11) is 1.66. The molecule has 1 aliphatic rings. The number of carbonyl (C=O) groups is 1. The molecule has 2 unspecified atom stereocenters. The Morgan fingerprint density at radius 3 is 2.73 bits per heavy atom. The number of amides is 1. The molecule has 0 aromatic rings. The number of rotatable bonds is 6. The van der Waals surface area contributed by atoms with Gasteiger partial charge in [0.1, 0.15) is 0 Å². The molecule has 0 saturated heterocycles. The van der Waals surface area contributed by atoms with Crippen molar-refractivity contribution in [1.82, 2.24) is 5.32 Å². The average molecular weight is 214 g/mol. The third kappa shape index (κ3) is 3.47. The molecule has 0 aromatic carbocycles. The predicted octanol–water partition coefficient (Wildman–Crippen LogP) is 0.513. The summed E-state index contributed by atoms with van der Waals surface area (Å²) in [6.45, 7) is 5.15.